The van der Waals surface area contributed by atoms with Crippen LogP contribution < -0.4 is 46.1 Å². The van der Waals surface area contributed by atoms with Crippen LogP contribution in [-0.2, 0) is 18.9 Å². The molecule has 0 radical (unpaired) electrons. The Bertz CT molecular complexity index is 2580. The number of ether oxygens (including phenoxy) is 8. The van der Waals surface area contributed by atoms with Gasteiger partial charge < -0.3 is 65.0 Å². The maximum atomic E-state index is 7.21. The minimum absolute atomic E-state index is 0.0644. The molecule has 17 nitrogen and oxygen atoms in total. The summed E-state index contributed by atoms with van der Waals surface area (Å²) >= 11 is 0. The molecule has 0 spiro atoms. The molecule has 0 amide bonds. The van der Waals surface area contributed by atoms with Gasteiger partial charge in [0.15, 0.2) is 46.0 Å². The normalized spacial score (nSPS) is 24.5. The number of hydrogen-bond acceptors (Lipinski definition) is 17. The van der Waals surface area contributed by atoms with Crippen LogP contribution in [0.2, 0.25) is 0 Å². The first-order valence-electron chi connectivity index (χ1n) is 22.0. The maximum absolute atomic E-state index is 7.21. The van der Waals surface area contributed by atoms with E-state index >= 15 is 0 Å². The van der Waals surface area contributed by atoms with Gasteiger partial charge in [0, 0.05) is 0 Å². The molecule has 5 aliphatic rings. The second kappa shape index (κ2) is 19.8. The van der Waals surface area contributed by atoms with Gasteiger partial charge in [-0.15, -0.1) is 0 Å². The minimum atomic E-state index is -4.40. The van der Waals surface area contributed by atoms with E-state index in [0.29, 0.717) is 60.9 Å². The van der Waals surface area contributed by atoms with Gasteiger partial charge in [0.05, 0.1) is 26.4 Å². The maximum Gasteiger partial charge on any atom is 0.461 e. The fourth-order valence-electron chi connectivity index (χ4n) is 6.47. The minimum Gasteiger partial charge on any atom is -0.487 e. The molecule has 4 saturated heterocycles. The fraction of sp³-hybridized carbons (Fsp3) is 0.250. The van der Waals surface area contributed by atoms with E-state index in [1.165, 1.54) is 0 Å². The predicted molar refractivity (Wildman–Crippen MR) is 251 cm³/mol. The Morgan fingerprint density at radius 1 is 0.309 bits per heavy atom. The van der Waals surface area contributed by atoms with Gasteiger partial charge in [0.25, 0.3) is 0 Å². The smallest absolute Gasteiger partial charge is 0.461 e. The van der Waals surface area contributed by atoms with Crippen molar-refractivity contribution in [1.29, 1.82) is 0 Å². The highest BCUT2D eigenvalue weighted by atomic mass is 31.3. The lowest BCUT2D eigenvalue weighted by Gasteiger charge is -2.33. The van der Waals surface area contributed by atoms with Crippen molar-refractivity contribution in [1.82, 2.24) is 0 Å². The number of para-hydroxylation sites is 10. The van der Waals surface area contributed by atoms with Crippen molar-refractivity contribution in [3.63, 3.8) is 0 Å². The molecule has 0 saturated carbocycles. The SMILES string of the molecule is c1ccc(OP2(Oc3ccccc3)=NP(Oc3ccccc3OCC3CO3)(Oc3ccccc3OCC3CO3)=NP(Oc3ccccc3OCC3CO3)(Oc3ccccc3OCC3CO3)=N2)cc1. The number of rotatable bonds is 24. The van der Waals surface area contributed by atoms with Crippen molar-refractivity contribution >= 4 is 23.0 Å². The quantitative estimate of drug-likeness (QED) is 0.0413. The standard InChI is InChI=1S/C48H46N3O14P3/c1-3-15-35(16-4-1)60-66(61-36-17-5-2-6-18-36)49-67(62-45-23-11-7-19-41(45)56-31-37-27-52-37,63-46-24-12-8-20-42(46)57-32-38-28-53-38)51-68(50-66,64-47-25-13-9-21-43(47)58-33-39-29-54-39)65-48-26-14-10-22-44(48)59-34-40-30-55-40/h1-26,37-40H,27-34H2. The van der Waals surface area contributed by atoms with Crippen LogP contribution in [0.5, 0.6) is 57.5 Å². The highest BCUT2D eigenvalue weighted by Gasteiger charge is 2.50. The van der Waals surface area contributed by atoms with Crippen LogP contribution in [0.15, 0.2) is 171 Å². The molecule has 0 aromatic heterocycles. The first-order valence-corrected chi connectivity index (χ1v) is 26.6. The van der Waals surface area contributed by atoms with Crippen LogP contribution in [-0.4, -0.2) is 77.3 Å². The second-order valence-corrected chi connectivity index (χ2v) is 22.0. The third-order valence-electron chi connectivity index (χ3n) is 10.2. The molecule has 6 aromatic rings. The predicted octanol–water partition coefficient (Wildman–Crippen LogP) is 11.4. The van der Waals surface area contributed by atoms with E-state index in [1.54, 1.807) is 97.1 Å². The van der Waals surface area contributed by atoms with Crippen molar-refractivity contribution in [3.05, 3.63) is 158 Å². The molecule has 4 fully saturated rings. The van der Waals surface area contributed by atoms with Gasteiger partial charge in [0.1, 0.15) is 62.3 Å². The Hall–Kier alpha value is -6.15. The molecule has 20 heteroatoms. The van der Waals surface area contributed by atoms with Crippen molar-refractivity contribution < 1.29 is 65.0 Å². The van der Waals surface area contributed by atoms with Crippen molar-refractivity contribution in [3.8, 4) is 57.5 Å². The van der Waals surface area contributed by atoms with Crippen LogP contribution in [0.3, 0.4) is 0 Å². The molecule has 352 valence electrons. The van der Waals surface area contributed by atoms with Gasteiger partial charge in [-0.25, -0.2) is 0 Å². The van der Waals surface area contributed by atoms with E-state index in [0.717, 1.165) is 0 Å². The Morgan fingerprint density at radius 3 is 0.779 bits per heavy atom. The lowest BCUT2D eigenvalue weighted by atomic mass is 10.3. The highest BCUT2D eigenvalue weighted by Crippen LogP contribution is 2.79. The zero-order valence-electron chi connectivity index (χ0n) is 36.4. The molecule has 0 aliphatic carbocycles. The summed E-state index contributed by atoms with van der Waals surface area (Å²) in [5, 5.41) is 0. The van der Waals surface area contributed by atoms with Crippen LogP contribution >= 0.6 is 23.0 Å². The molecule has 4 unspecified atom stereocenters. The average molecular weight is 982 g/mol. The highest BCUT2D eigenvalue weighted by molar-refractivity contribution is 7.79. The van der Waals surface area contributed by atoms with E-state index in [9.17, 15) is 0 Å². The van der Waals surface area contributed by atoms with Crippen LogP contribution in [0.4, 0.5) is 0 Å². The molecule has 5 aliphatic heterocycles. The summed E-state index contributed by atoms with van der Waals surface area (Å²) in [6, 6.07) is 46.8. The topological polar surface area (TPSA) is 180 Å². The molecular formula is C48H46N3O14P3. The number of benzene rings is 6. The third kappa shape index (κ3) is 11.6. The molecule has 5 heterocycles. The Labute approximate surface area is 392 Å². The summed E-state index contributed by atoms with van der Waals surface area (Å²) in [7, 11) is -13.1. The summed E-state index contributed by atoms with van der Waals surface area (Å²) in [5.41, 5.74) is 0. The zero-order chi connectivity index (χ0) is 45.6. The molecular weight excluding hydrogens is 935 g/mol. The first-order chi connectivity index (χ1) is 33.5. The van der Waals surface area contributed by atoms with Crippen molar-refractivity contribution in [2.75, 3.05) is 52.9 Å². The molecule has 0 N–H and O–H groups in total. The lowest BCUT2D eigenvalue weighted by molar-refractivity contribution is 0.254. The lowest BCUT2D eigenvalue weighted by Crippen LogP contribution is -2.13. The summed E-state index contributed by atoms with van der Waals surface area (Å²) in [4.78, 5) is 0. The Balaban J connectivity index is 1.17. The Morgan fingerprint density at radius 2 is 0.529 bits per heavy atom. The summed E-state index contributed by atoms with van der Waals surface area (Å²) < 4.78 is 106. The van der Waals surface area contributed by atoms with E-state index in [4.69, 9.17) is 78.6 Å². The van der Waals surface area contributed by atoms with E-state index < -0.39 is 23.0 Å². The van der Waals surface area contributed by atoms with Crippen LogP contribution in [0, 0.1) is 0 Å². The summed E-state index contributed by atoms with van der Waals surface area (Å²) in [6.07, 6.45) is -0.258. The van der Waals surface area contributed by atoms with Gasteiger partial charge in [-0.2, -0.15) is 0 Å². The molecule has 4 atom stereocenters. The van der Waals surface area contributed by atoms with Gasteiger partial charge in [-0.05, 0) is 72.8 Å². The Kier molecular flexibility index (Phi) is 12.9. The monoisotopic (exact) mass is 981 g/mol. The van der Waals surface area contributed by atoms with Gasteiger partial charge in [-0.1, -0.05) is 98.5 Å². The van der Waals surface area contributed by atoms with Gasteiger partial charge in [0.2, 0.25) is 0 Å². The average Bonchev–Trinajstić information content (AvgIpc) is 4.13. The van der Waals surface area contributed by atoms with Crippen molar-refractivity contribution in [2.45, 2.75) is 24.4 Å². The van der Waals surface area contributed by atoms with Crippen LogP contribution in [0.25, 0.3) is 0 Å². The molecule has 68 heavy (non-hydrogen) atoms. The van der Waals surface area contributed by atoms with E-state index in [-0.39, 0.29) is 73.8 Å². The summed E-state index contributed by atoms with van der Waals surface area (Å²) in [6.45, 7) is 3.42. The van der Waals surface area contributed by atoms with Gasteiger partial charge >= 0.3 is 23.0 Å². The van der Waals surface area contributed by atoms with Crippen molar-refractivity contribution in [2.24, 2.45) is 13.5 Å². The second-order valence-electron chi connectivity index (χ2n) is 15.8. The number of hydrogen-bond donors (Lipinski definition) is 0. The third-order valence-corrected chi connectivity index (χ3v) is 18.2. The molecule has 11 rings (SSSR count). The number of epoxide rings is 4. The van der Waals surface area contributed by atoms with E-state index in [1.807, 2.05) is 60.7 Å². The molecule has 0 bridgehead atoms. The van der Waals surface area contributed by atoms with Gasteiger partial charge in [-0.3, -0.25) is 0 Å². The van der Waals surface area contributed by atoms with E-state index in [2.05, 4.69) is 0 Å². The summed E-state index contributed by atoms with van der Waals surface area (Å²) in [5.74, 6) is 3.16. The zero-order valence-corrected chi connectivity index (χ0v) is 39.1. The largest absolute Gasteiger partial charge is 0.487 e. The van der Waals surface area contributed by atoms with Crippen LogP contribution in [0.1, 0.15) is 0 Å². The molecule has 6 aromatic carbocycles. The fourth-order valence-corrected chi connectivity index (χ4v) is 15.6. The first kappa shape index (κ1) is 44.4. The number of nitrogens with zero attached hydrogens (tertiary/aromatic N) is 3.